The Hall–Kier alpha value is -1.82. The van der Waals surface area contributed by atoms with E-state index in [0.717, 1.165) is 6.42 Å². The molecule has 0 saturated heterocycles. The normalized spacial score (nSPS) is 16.1. The molecular weight excluding hydrogens is 287 g/mol. The number of carbonyl (C=O) groups excluding carboxylic acids is 1. The molecule has 1 aliphatic carbocycles. The summed E-state index contributed by atoms with van der Waals surface area (Å²) in [7, 11) is 0. The highest BCUT2D eigenvalue weighted by Gasteiger charge is 2.45. The highest BCUT2D eigenvalue weighted by Crippen LogP contribution is 2.31. The largest absolute Gasteiger partial charge is 0.480 e. The molecule has 2 amide bonds. The summed E-state index contributed by atoms with van der Waals surface area (Å²) in [5, 5.41) is 14.1. The minimum atomic E-state index is -1.15. The second-order valence-corrected chi connectivity index (χ2v) is 5.20. The fourth-order valence-corrected chi connectivity index (χ4v) is 2.22. The quantitative estimate of drug-likeness (QED) is 0.798. The van der Waals surface area contributed by atoms with Gasteiger partial charge in [0.05, 0.1) is 5.02 Å². The fourth-order valence-electron chi connectivity index (χ4n) is 2.02. The maximum atomic E-state index is 13.0. The van der Waals surface area contributed by atoms with Crippen LogP contribution in [0.2, 0.25) is 5.02 Å². The van der Waals surface area contributed by atoms with Gasteiger partial charge >= 0.3 is 12.0 Å². The first kappa shape index (κ1) is 14.6. The van der Waals surface area contributed by atoms with E-state index < -0.39 is 23.4 Å². The van der Waals surface area contributed by atoms with E-state index >= 15 is 0 Å². The van der Waals surface area contributed by atoms with Crippen LogP contribution in [0.4, 0.5) is 9.18 Å². The number of carboxylic acid groups (broad SMARTS) is 1. The molecule has 0 aliphatic heterocycles. The van der Waals surface area contributed by atoms with Gasteiger partial charge in [-0.15, -0.1) is 0 Å². The number of nitrogens with one attached hydrogen (secondary N) is 2. The van der Waals surface area contributed by atoms with E-state index in [0.29, 0.717) is 18.4 Å². The molecular formula is C13H14ClFN2O3. The molecule has 0 radical (unpaired) electrons. The van der Waals surface area contributed by atoms with Crippen molar-refractivity contribution in [1.29, 1.82) is 0 Å². The van der Waals surface area contributed by atoms with E-state index in [-0.39, 0.29) is 11.6 Å². The molecule has 1 aromatic rings. The van der Waals surface area contributed by atoms with E-state index in [2.05, 4.69) is 10.6 Å². The number of hydrogen-bond acceptors (Lipinski definition) is 2. The van der Waals surface area contributed by atoms with Gasteiger partial charge in [0.15, 0.2) is 0 Å². The summed E-state index contributed by atoms with van der Waals surface area (Å²) in [6.45, 7) is 0.140. The molecule has 2 rings (SSSR count). The Balaban J connectivity index is 1.89. The average Bonchev–Trinajstić information content (AvgIpc) is 2.35. The van der Waals surface area contributed by atoms with Crippen molar-refractivity contribution in [3.8, 4) is 0 Å². The summed E-state index contributed by atoms with van der Waals surface area (Å²) < 4.78 is 13.0. The predicted molar refractivity (Wildman–Crippen MR) is 71.0 cm³/mol. The molecule has 0 heterocycles. The van der Waals surface area contributed by atoms with Crippen LogP contribution in [-0.2, 0) is 11.3 Å². The Morgan fingerprint density at radius 1 is 1.40 bits per heavy atom. The van der Waals surface area contributed by atoms with E-state index in [1.807, 2.05) is 0 Å². The van der Waals surface area contributed by atoms with E-state index in [4.69, 9.17) is 16.7 Å². The molecule has 7 heteroatoms. The van der Waals surface area contributed by atoms with Gasteiger partial charge in [-0.05, 0) is 37.0 Å². The van der Waals surface area contributed by atoms with Gasteiger partial charge in [-0.25, -0.2) is 14.0 Å². The lowest BCUT2D eigenvalue weighted by Crippen LogP contribution is -2.61. The number of hydrogen-bond donors (Lipinski definition) is 3. The first-order valence-electron chi connectivity index (χ1n) is 6.16. The zero-order valence-corrected chi connectivity index (χ0v) is 11.3. The lowest BCUT2D eigenvalue weighted by Gasteiger charge is -2.38. The van der Waals surface area contributed by atoms with Crippen LogP contribution in [0.3, 0.4) is 0 Å². The average molecular weight is 301 g/mol. The summed E-state index contributed by atoms with van der Waals surface area (Å²) in [6, 6.07) is 3.56. The molecule has 0 bridgehead atoms. The number of aliphatic carboxylic acids is 1. The number of carboxylic acids is 1. The molecule has 1 fully saturated rings. The van der Waals surface area contributed by atoms with Crippen molar-refractivity contribution in [2.45, 2.75) is 31.3 Å². The lowest BCUT2D eigenvalue weighted by atomic mass is 9.77. The third-order valence-electron chi connectivity index (χ3n) is 3.41. The standard InChI is InChI=1S/C13H14ClFN2O3/c14-9-6-8(2-3-10(9)15)7-16-12(20)17-13(11(18)19)4-1-5-13/h2-3,6H,1,4-5,7H2,(H,18,19)(H2,16,17,20). The molecule has 0 atom stereocenters. The van der Waals surface area contributed by atoms with Crippen LogP contribution in [0, 0.1) is 5.82 Å². The van der Waals surface area contributed by atoms with Crippen molar-refractivity contribution >= 4 is 23.6 Å². The molecule has 108 valence electrons. The maximum absolute atomic E-state index is 13.0. The summed E-state index contributed by atoms with van der Waals surface area (Å²) in [5.74, 6) is -1.55. The Morgan fingerprint density at radius 2 is 2.10 bits per heavy atom. The third kappa shape index (κ3) is 3.01. The molecule has 1 aromatic carbocycles. The Kier molecular flexibility index (Phi) is 4.13. The topological polar surface area (TPSA) is 78.4 Å². The number of rotatable bonds is 4. The highest BCUT2D eigenvalue weighted by atomic mass is 35.5. The number of benzene rings is 1. The molecule has 1 saturated carbocycles. The van der Waals surface area contributed by atoms with Crippen LogP contribution in [0.5, 0.6) is 0 Å². The Bertz CT molecular complexity index is 546. The molecule has 0 spiro atoms. The van der Waals surface area contributed by atoms with Crippen LogP contribution in [0.25, 0.3) is 0 Å². The van der Waals surface area contributed by atoms with Gasteiger partial charge in [0.2, 0.25) is 0 Å². The fraction of sp³-hybridized carbons (Fsp3) is 0.385. The minimum Gasteiger partial charge on any atom is -0.480 e. The number of halogens is 2. The van der Waals surface area contributed by atoms with Gasteiger partial charge in [0.25, 0.3) is 0 Å². The van der Waals surface area contributed by atoms with Crippen molar-refractivity contribution < 1.29 is 19.1 Å². The molecule has 1 aliphatic rings. The SMILES string of the molecule is O=C(NCc1ccc(F)c(Cl)c1)NC1(C(=O)O)CCC1. The van der Waals surface area contributed by atoms with Crippen LogP contribution in [0.1, 0.15) is 24.8 Å². The van der Waals surface area contributed by atoms with Crippen LogP contribution >= 0.6 is 11.6 Å². The van der Waals surface area contributed by atoms with Gasteiger partial charge in [-0.2, -0.15) is 0 Å². The summed E-state index contributed by atoms with van der Waals surface area (Å²) >= 11 is 5.63. The van der Waals surface area contributed by atoms with Gasteiger partial charge in [0, 0.05) is 6.54 Å². The van der Waals surface area contributed by atoms with Gasteiger partial charge in [-0.3, -0.25) is 0 Å². The van der Waals surface area contributed by atoms with E-state index in [9.17, 15) is 14.0 Å². The molecule has 3 N–H and O–H groups in total. The third-order valence-corrected chi connectivity index (χ3v) is 3.70. The van der Waals surface area contributed by atoms with Crippen molar-refractivity contribution in [3.63, 3.8) is 0 Å². The lowest BCUT2D eigenvalue weighted by molar-refractivity contribution is -0.148. The zero-order chi connectivity index (χ0) is 14.8. The zero-order valence-electron chi connectivity index (χ0n) is 10.6. The molecule has 20 heavy (non-hydrogen) atoms. The van der Waals surface area contributed by atoms with Crippen molar-refractivity contribution in [2.24, 2.45) is 0 Å². The van der Waals surface area contributed by atoms with Crippen LogP contribution < -0.4 is 10.6 Å². The highest BCUT2D eigenvalue weighted by molar-refractivity contribution is 6.30. The van der Waals surface area contributed by atoms with E-state index in [1.165, 1.54) is 18.2 Å². The smallest absolute Gasteiger partial charge is 0.329 e. The van der Waals surface area contributed by atoms with Crippen molar-refractivity contribution in [1.82, 2.24) is 10.6 Å². The molecule has 0 aromatic heterocycles. The van der Waals surface area contributed by atoms with Crippen molar-refractivity contribution in [2.75, 3.05) is 0 Å². The monoisotopic (exact) mass is 300 g/mol. The predicted octanol–water partition coefficient (Wildman–Crippen LogP) is 2.29. The van der Waals surface area contributed by atoms with Crippen LogP contribution in [0.15, 0.2) is 18.2 Å². The number of amides is 2. The Morgan fingerprint density at radius 3 is 2.60 bits per heavy atom. The second kappa shape index (κ2) is 5.66. The van der Waals surface area contributed by atoms with Gasteiger partial charge in [-0.1, -0.05) is 17.7 Å². The number of urea groups is 1. The summed E-state index contributed by atoms with van der Waals surface area (Å²) in [4.78, 5) is 22.8. The van der Waals surface area contributed by atoms with Crippen molar-refractivity contribution in [3.05, 3.63) is 34.6 Å². The van der Waals surface area contributed by atoms with Gasteiger partial charge < -0.3 is 15.7 Å². The van der Waals surface area contributed by atoms with Gasteiger partial charge in [0.1, 0.15) is 11.4 Å². The minimum absolute atomic E-state index is 0.0225. The van der Waals surface area contributed by atoms with Crippen LogP contribution in [-0.4, -0.2) is 22.6 Å². The molecule has 0 unspecified atom stereocenters. The first-order valence-corrected chi connectivity index (χ1v) is 6.54. The second-order valence-electron chi connectivity index (χ2n) is 4.80. The number of carbonyl (C=O) groups is 2. The van der Waals surface area contributed by atoms with E-state index in [1.54, 1.807) is 0 Å². The molecule has 5 nitrogen and oxygen atoms in total. The maximum Gasteiger partial charge on any atom is 0.329 e. The Labute approximate surface area is 120 Å². The summed E-state index contributed by atoms with van der Waals surface area (Å²) in [5.41, 5.74) is -0.519. The summed E-state index contributed by atoms with van der Waals surface area (Å²) in [6.07, 6.45) is 1.64. The first-order chi connectivity index (χ1) is 9.43.